The first-order valence-electron chi connectivity index (χ1n) is 7.27. The molecule has 0 bridgehead atoms. The van der Waals surface area contributed by atoms with Gasteiger partial charge in [0.2, 0.25) is 5.95 Å². The number of hydrogen-bond acceptors (Lipinski definition) is 10. The Morgan fingerprint density at radius 2 is 1.79 bits per heavy atom. The number of imidazole rings is 1. The van der Waals surface area contributed by atoms with E-state index in [-0.39, 0.29) is 30.1 Å². The minimum atomic E-state index is -5.53. The van der Waals surface area contributed by atoms with Gasteiger partial charge in [-0.05, 0) is 12.8 Å². The maximum atomic E-state index is 11.7. The molecule has 19 heteroatoms. The molecule has 0 aliphatic rings. The lowest BCUT2D eigenvalue weighted by atomic mass is 10.3. The third-order valence-electron chi connectivity index (χ3n) is 2.96. The van der Waals surface area contributed by atoms with Crippen molar-refractivity contribution in [3.05, 3.63) is 16.7 Å². The van der Waals surface area contributed by atoms with Gasteiger partial charge in [-0.1, -0.05) is 0 Å². The Balaban J connectivity index is 1.84. The Morgan fingerprint density at radius 1 is 1.11 bits per heavy atom. The van der Waals surface area contributed by atoms with Crippen molar-refractivity contribution in [2.24, 2.45) is 0 Å². The van der Waals surface area contributed by atoms with E-state index in [0.29, 0.717) is 6.42 Å². The molecule has 0 aromatic carbocycles. The molecule has 0 amide bonds. The fourth-order valence-electron chi connectivity index (χ4n) is 2.00. The van der Waals surface area contributed by atoms with E-state index in [9.17, 15) is 23.4 Å². The van der Waals surface area contributed by atoms with Gasteiger partial charge < -0.3 is 29.9 Å². The number of phosphoric ester groups is 1. The van der Waals surface area contributed by atoms with Crippen LogP contribution < -0.4 is 11.3 Å². The second-order valence-corrected chi connectivity index (χ2v) is 9.61. The van der Waals surface area contributed by atoms with E-state index in [1.165, 1.54) is 10.9 Å². The van der Waals surface area contributed by atoms with Crippen LogP contribution in [0.3, 0.4) is 0 Å². The Hall–Kier alpha value is -1.44. The minimum absolute atomic E-state index is 0.0856. The van der Waals surface area contributed by atoms with Gasteiger partial charge in [0.15, 0.2) is 11.2 Å². The first kappa shape index (κ1) is 22.8. The molecule has 2 unspecified atom stereocenters. The number of nitrogens with two attached hydrogens (primary N) is 1. The molecule has 0 saturated carbocycles. The SMILES string of the molecule is Nc1nc2c(ncn2CCCCOP(=O)(O)OP(=O)(O)OP(=O)(O)O)c(=O)[nH]1. The van der Waals surface area contributed by atoms with Gasteiger partial charge in [0, 0.05) is 6.54 Å². The second kappa shape index (κ2) is 8.51. The summed E-state index contributed by atoms with van der Waals surface area (Å²) in [6.07, 6.45) is 1.85. The lowest BCUT2D eigenvalue weighted by Gasteiger charge is -2.16. The smallest absolute Gasteiger partial charge is 0.369 e. The van der Waals surface area contributed by atoms with Crippen LogP contribution in [0, 0.1) is 0 Å². The predicted molar refractivity (Wildman–Crippen MR) is 91.6 cm³/mol. The van der Waals surface area contributed by atoms with Crippen molar-refractivity contribution >= 4 is 40.6 Å². The lowest BCUT2D eigenvalue weighted by molar-refractivity contribution is 0.169. The molecule has 2 atom stereocenters. The zero-order valence-corrected chi connectivity index (χ0v) is 16.5. The van der Waals surface area contributed by atoms with E-state index in [0.717, 1.165) is 0 Å². The standard InChI is InChI=1S/C9H16N5O11P3/c10-9-12-7-6(8(15)13-9)11-5-14(7)3-1-2-4-23-27(19,20)25-28(21,22)24-26(16,17)18/h5H,1-4H2,(H,19,20)(H,21,22)(H2,16,17,18)(H3,10,12,13,15). The molecule has 28 heavy (non-hydrogen) atoms. The summed E-state index contributed by atoms with van der Waals surface area (Å²) >= 11 is 0. The predicted octanol–water partition coefficient (Wildman–Crippen LogP) is -0.175. The lowest BCUT2D eigenvalue weighted by Crippen LogP contribution is -2.12. The van der Waals surface area contributed by atoms with Crippen LogP contribution in [0.2, 0.25) is 0 Å². The van der Waals surface area contributed by atoms with E-state index >= 15 is 0 Å². The van der Waals surface area contributed by atoms with Gasteiger partial charge in [-0.15, -0.1) is 0 Å². The number of rotatable bonds is 10. The highest BCUT2D eigenvalue weighted by Crippen LogP contribution is 2.66. The number of nitrogens with zero attached hydrogens (tertiary/aromatic N) is 3. The van der Waals surface area contributed by atoms with Crippen LogP contribution in [0.1, 0.15) is 12.8 Å². The summed E-state index contributed by atoms with van der Waals surface area (Å²) in [5.74, 6) is -0.0908. The van der Waals surface area contributed by atoms with E-state index in [1.807, 2.05) is 0 Å². The largest absolute Gasteiger partial charge is 0.490 e. The molecule has 0 spiro atoms. The average Bonchev–Trinajstić information content (AvgIpc) is 2.86. The maximum absolute atomic E-state index is 11.7. The van der Waals surface area contributed by atoms with Crippen LogP contribution in [-0.4, -0.2) is 45.7 Å². The van der Waals surface area contributed by atoms with Crippen molar-refractivity contribution in [3.8, 4) is 0 Å². The normalized spacial score (nSPS) is 16.7. The summed E-state index contributed by atoms with van der Waals surface area (Å²) in [5.41, 5.74) is 5.29. The molecule has 158 valence electrons. The fourth-order valence-corrected chi connectivity index (χ4v) is 5.06. The molecule has 0 aliphatic carbocycles. The Kier molecular flexibility index (Phi) is 6.94. The monoisotopic (exact) mass is 463 g/mol. The molecule has 16 nitrogen and oxygen atoms in total. The third-order valence-corrected chi connectivity index (χ3v) is 6.79. The highest BCUT2D eigenvalue weighted by Gasteiger charge is 2.40. The molecule has 0 radical (unpaired) electrons. The summed E-state index contributed by atoms with van der Waals surface area (Å²) in [4.78, 5) is 56.9. The van der Waals surface area contributed by atoms with Crippen LogP contribution in [0.15, 0.2) is 11.1 Å². The van der Waals surface area contributed by atoms with E-state index < -0.39 is 35.6 Å². The molecular weight excluding hydrogens is 447 g/mol. The number of anilines is 1. The van der Waals surface area contributed by atoms with Gasteiger partial charge in [0.05, 0.1) is 12.9 Å². The summed E-state index contributed by atoms with van der Waals surface area (Å²) < 4.78 is 46.3. The molecule has 2 aromatic heterocycles. The highest BCUT2D eigenvalue weighted by atomic mass is 31.3. The first-order chi connectivity index (χ1) is 12.8. The number of nitrogens with one attached hydrogen (secondary N) is 1. The van der Waals surface area contributed by atoms with Gasteiger partial charge in [-0.2, -0.15) is 13.6 Å². The zero-order chi connectivity index (χ0) is 21.2. The van der Waals surface area contributed by atoms with Crippen molar-refractivity contribution in [3.63, 3.8) is 0 Å². The fraction of sp³-hybridized carbons (Fsp3) is 0.444. The quantitative estimate of drug-likeness (QED) is 0.198. The summed E-state index contributed by atoms with van der Waals surface area (Å²) in [7, 11) is -16.1. The zero-order valence-electron chi connectivity index (χ0n) is 13.8. The molecule has 0 saturated heterocycles. The Morgan fingerprint density at radius 3 is 2.43 bits per heavy atom. The number of aromatic nitrogens is 4. The summed E-state index contributed by atoms with van der Waals surface area (Å²) in [6, 6.07) is 0. The van der Waals surface area contributed by atoms with Crippen LogP contribution >= 0.6 is 23.5 Å². The van der Waals surface area contributed by atoms with Crippen LogP contribution in [-0.2, 0) is 33.4 Å². The van der Waals surface area contributed by atoms with Gasteiger partial charge in [0.25, 0.3) is 5.56 Å². The highest BCUT2D eigenvalue weighted by molar-refractivity contribution is 7.66. The Labute approximate surface area is 155 Å². The summed E-state index contributed by atoms with van der Waals surface area (Å²) in [5, 5.41) is 0. The summed E-state index contributed by atoms with van der Waals surface area (Å²) in [6.45, 7) is -0.126. The van der Waals surface area contributed by atoms with E-state index in [1.54, 1.807) is 0 Å². The van der Waals surface area contributed by atoms with Crippen LogP contribution in [0.5, 0.6) is 0 Å². The van der Waals surface area contributed by atoms with Gasteiger partial charge >= 0.3 is 23.5 Å². The van der Waals surface area contributed by atoms with Crippen molar-refractivity contribution in [1.29, 1.82) is 0 Å². The molecule has 2 rings (SSSR count). The van der Waals surface area contributed by atoms with Crippen molar-refractivity contribution in [1.82, 2.24) is 19.5 Å². The maximum Gasteiger partial charge on any atom is 0.490 e. The molecular formula is C9H16N5O11P3. The topological polar surface area (TPSA) is 249 Å². The number of H-pyrrole nitrogens is 1. The van der Waals surface area contributed by atoms with Crippen molar-refractivity contribution in [2.45, 2.75) is 19.4 Å². The molecule has 7 N–H and O–H groups in total. The van der Waals surface area contributed by atoms with Crippen LogP contribution in [0.4, 0.5) is 5.95 Å². The first-order valence-corrected chi connectivity index (χ1v) is 11.8. The number of phosphoric acid groups is 3. The molecule has 2 heterocycles. The van der Waals surface area contributed by atoms with Gasteiger partial charge in [0.1, 0.15) is 0 Å². The number of fused-ring (bicyclic) bond motifs is 1. The Bertz CT molecular complexity index is 1040. The van der Waals surface area contributed by atoms with Gasteiger partial charge in [-0.3, -0.25) is 14.3 Å². The van der Waals surface area contributed by atoms with Crippen molar-refractivity contribution < 1.29 is 46.4 Å². The molecule has 2 aromatic rings. The number of aryl methyl sites for hydroxylation is 1. The van der Waals surface area contributed by atoms with E-state index in [2.05, 4.69) is 28.1 Å². The second-order valence-electron chi connectivity index (χ2n) is 5.19. The van der Waals surface area contributed by atoms with Crippen LogP contribution in [0.25, 0.3) is 11.2 Å². The van der Waals surface area contributed by atoms with E-state index in [4.69, 9.17) is 20.4 Å². The minimum Gasteiger partial charge on any atom is -0.369 e. The number of hydrogen-bond donors (Lipinski definition) is 6. The van der Waals surface area contributed by atoms with Gasteiger partial charge in [-0.25, -0.2) is 18.7 Å². The number of unbranched alkanes of at least 4 members (excludes halogenated alkanes) is 1. The number of nitrogen functional groups attached to an aromatic ring is 1. The van der Waals surface area contributed by atoms with Crippen molar-refractivity contribution in [2.75, 3.05) is 12.3 Å². The number of aromatic amines is 1. The third kappa shape index (κ3) is 6.87. The molecule has 0 fully saturated rings. The average molecular weight is 463 g/mol. The molecule has 0 aliphatic heterocycles.